The summed E-state index contributed by atoms with van der Waals surface area (Å²) < 4.78 is 6.55. The zero-order chi connectivity index (χ0) is 12.1. The molecule has 1 aromatic rings. The van der Waals surface area contributed by atoms with Crippen LogP contribution in [0.3, 0.4) is 0 Å². The first-order chi connectivity index (χ1) is 7.54. The molecule has 1 rings (SSSR count). The largest absolute Gasteiger partial charge is 0.370 e. The topological polar surface area (TPSA) is 26.3 Å². The van der Waals surface area contributed by atoms with Gasteiger partial charge in [-0.05, 0) is 40.9 Å². The Balaban J connectivity index is 2.61. The number of thiophene rings is 1. The van der Waals surface area contributed by atoms with Gasteiger partial charge in [0.25, 0.3) is 0 Å². The number of ketones is 1. The average Bonchev–Trinajstić information content (AvgIpc) is 2.59. The Labute approximate surface area is 109 Å². The molecule has 0 radical (unpaired) electrons. The summed E-state index contributed by atoms with van der Waals surface area (Å²) in [5.41, 5.74) is 0. The average molecular weight is 305 g/mol. The van der Waals surface area contributed by atoms with Crippen molar-refractivity contribution in [3.8, 4) is 0 Å². The van der Waals surface area contributed by atoms with Gasteiger partial charge in [-0.15, -0.1) is 11.3 Å². The fourth-order valence-corrected chi connectivity index (χ4v) is 3.05. The van der Waals surface area contributed by atoms with Crippen LogP contribution >= 0.6 is 27.3 Å². The van der Waals surface area contributed by atoms with E-state index in [1.165, 1.54) is 0 Å². The van der Waals surface area contributed by atoms with Crippen molar-refractivity contribution in [2.75, 3.05) is 6.61 Å². The van der Waals surface area contributed by atoms with Crippen LogP contribution in [0.1, 0.15) is 25.6 Å². The highest BCUT2D eigenvalue weighted by molar-refractivity contribution is 9.11. The minimum atomic E-state index is -0.272. The lowest BCUT2D eigenvalue weighted by Gasteiger charge is -2.18. The zero-order valence-corrected chi connectivity index (χ0v) is 12.2. The predicted molar refractivity (Wildman–Crippen MR) is 71.0 cm³/mol. The van der Waals surface area contributed by atoms with Crippen LogP contribution in [0.15, 0.2) is 15.9 Å². The van der Waals surface area contributed by atoms with Crippen molar-refractivity contribution in [1.29, 1.82) is 0 Å². The number of halogens is 1. The van der Waals surface area contributed by atoms with Crippen LogP contribution in [0.25, 0.3) is 0 Å². The van der Waals surface area contributed by atoms with Gasteiger partial charge in [-0.3, -0.25) is 4.79 Å². The second-order valence-electron chi connectivity index (χ2n) is 3.97. The molecule has 0 saturated carbocycles. The van der Waals surface area contributed by atoms with Gasteiger partial charge in [-0.25, -0.2) is 0 Å². The van der Waals surface area contributed by atoms with Gasteiger partial charge in [0.2, 0.25) is 0 Å². The first kappa shape index (κ1) is 13.9. The standard InChI is InChI=1S/C12H17BrO2S/c1-4-15-12(8(2)3)10(14)7-9-5-6-11(13)16-9/h5-6,8,12H,4,7H2,1-3H3. The van der Waals surface area contributed by atoms with Crippen LogP contribution < -0.4 is 0 Å². The van der Waals surface area contributed by atoms with E-state index in [2.05, 4.69) is 15.9 Å². The number of rotatable bonds is 6. The molecule has 0 aromatic carbocycles. The fraction of sp³-hybridized carbons (Fsp3) is 0.583. The normalized spacial score (nSPS) is 13.1. The van der Waals surface area contributed by atoms with Crippen LogP contribution in [0.5, 0.6) is 0 Å². The molecule has 0 amide bonds. The fourth-order valence-electron chi connectivity index (χ4n) is 1.56. The second kappa shape index (κ2) is 6.52. The molecule has 0 bridgehead atoms. The molecule has 0 saturated heterocycles. The summed E-state index contributed by atoms with van der Waals surface area (Å²) in [6.45, 7) is 6.54. The van der Waals surface area contributed by atoms with Crippen LogP contribution in [-0.2, 0) is 16.0 Å². The summed E-state index contributed by atoms with van der Waals surface area (Å²) in [6, 6.07) is 3.95. The van der Waals surface area contributed by atoms with Gasteiger partial charge in [0.05, 0.1) is 3.79 Å². The molecule has 0 N–H and O–H groups in total. The number of carbonyl (C=O) groups excluding carboxylic acids is 1. The molecule has 0 aliphatic rings. The molecule has 1 atom stereocenters. The maximum atomic E-state index is 12.0. The van der Waals surface area contributed by atoms with Crippen LogP contribution in [-0.4, -0.2) is 18.5 Å². The number of hydrogen-bond donors (Lipinski definition) is 0. The molecule has 0 fully saturated rings. The molecular weight excluding hydrogens is 288 g/mol. The van der Waals surface area contributed by atoms with Gasteiger partial charge in [0.15, 0.2) is 5.78 Å². The highest BCUT2D eigenvalue weighted by Gasteiger charge is 2.22. The Morgan fingerprint density at radius 2 is 2.19 bits per heavy atom. The van der Waals surface area contributed by atoms with E-state index in [0.29, 0.717) is 13.0 Å². The Bertz CT molecular complexity index is 347. The molecule has 1 heterocycles. The Morgan fingerprint density at radius 3 is 2.62 bits per heavy atom. The second-order valence-corrected chi connectivity index (χ2v) is 6.52. The summed E-state index contributed by atoms with van der Waals surface area (Å²) in [5, 5.41) is 0. The first-order valence-corrected chi connectivity index (χ1v) is 7.04. The van der Waals surface area contributed by atoms with Crippen molar-refractivity contribution in [2.24, 2.45) is 5.92 Å². The Hall–Kier alpha value is -0.190. The monoisotopic (exact) mass is 304 g/mol. The number of hydrogen-bond acceptors (Lipinski definition) is 3. The van der Waals surface area contributed by atoms with E-state index in [9.17, 15) is 4.79 Å². The van der Waals surface area contributed by atoms with Gasteiger partial charge in [0.1, 0.15) is 6.10 Å². The Kier molecular flexibility index (Phi) is 5.66. The Morgan fingerprint density at radius 1 is 1.50 bits per heavy atom. The molecule has 1 aromatic heterocycles. The van der Waals surface area contributed by atoms with Crippen LogP contribution in [0.2, 0.25) is 0 Å². The number of carbonyl (C=O) groups is 1. The number of ether oxygens (including phenoxy) is 1. The third-order valence-corrected chi connectivity index (χ3v) is 3.87. The van der Waals surface area contributed by atoms with Gasteiger partial charge in [0, 0.05) is 17.9 Å². The highest BCUT2D eigenvalue weighted by Crippen LogP contribution is 2.23. The molecule has 1 unspecified atom stereocenters. The summed E-state index contributed by atoms with van der Waals surface area (Å²) >= 11 is 5.00. The molecule has 0 spiro atoms. The molecular formula is C12H17BrO2S. The SMILES string of the molecule is CCOC(C(=O)Cc1ccc(Br)s1)C(C)C. The van der Waals surface area contributed by atoms with E-state index in [1.807, 2.05) is 32.9 Å². The molecule has 0 aliphatic carbocycles. The van der Waals surface area contributed by atoms with E-state index in [0.717, 1.165) is 8.66 Å². The lowest BCUT2D eigenvalue weighted by atomic mass is 10.0. The van der Waals surface area contributed by atoms with E-state index < -0.39 is 0 Å². The number of Topliss-reactive ketones (excluding diaryl/α,β-unsaturated/α-hetero) is 1. The van der Waals surface area contributed by atoms with Crippen molar-refractivity contribution in [3.63, 3.8) is 0 Å². The van der Waals surface area contributed by atoms with Crippen molar-refractivity contribution in [2.45, 2.75) is 33.3 Å². The van der Waals surface area contributed by atoms with Gasteiger partial charge < -0.3 is 4.74 Å². The van der Waals surface area contributed by atoms with Crippen molar-refractivity contribution in [1.82, 2.24) is 0 Å². The maximum absolute atomic E-state index is 12.0. The van der Waals surface area contributed by atoms with Gasteiger partial charge >= 0.3 is 0 Å². The molecule has 2 nitrogen and oxygen atoms in total. The van der Waals surface area contributed by atoms with Crippen molar-refractivity contribution in [3.05, 3.63) is 20.8 Å². The van der Waals surface area contributed by atoms with Crippen LogP contribution in [0, 0.1) is 5.92 Å². The molecule has 4 heteroatoms. The minimum absolute atomic E-state index is 0.172. The van der Waals surface area contributed by atoms with Crippen molar-refractivity contribution >= 4 is 33.0 Å². The highest BCUT2D eigenvalue weighted by atomic mass is 79.9. The smallest absolute Gasteiger partial charge is 0.166 e. The quantitative estimate of drug-likeness (QED) is 0.801. The summed E-state index contributed by atoms with van der Waals surface area (Å²) in [4.78, 5) is 13.1. The van der Waals surface area contributed by atoms with E-state index in [-0.39, 0.29) is 17.8 Å². The summed E-state index contributed by atoms with van der Waals surface area (Å²) in [5.74, 6) is 0.405. The first-order valence-electron chi connectivity index (χ1n) is 5.43. The van der Waals surface area contributed by atoms with E-state index >= 15 is 0 Å². The third-order valence-electron chi connectivity index (χ3n) is 2.25. The lowest BCUT2D eigenvalue weighted by molar-refractivity contribution is -0.132. The molecule has 0 aliphatic heterocycles. The van der Waals surface area contributed by atoms with Crippen molar-refractivity contribution < 1.29 is 9.53 Å². The lowest BCUT2D eigenvalue weighted by Crippen LogP contribution is -2.30. The zero-order valence-electron chi connectivity index (χ0n) is 9.83. The third kappa shape index (κ3) is 4.00. The van der Waals surface area contributed by atoms with Gasteiger partial charge in [-0.2, -0.15) is 0 Å². The molecule has 90 valence electrons. The maximum Gasteiger partial charge on any atom is 0.166 e. The summed E-state index contributed by atoms with van der Waals surface area (Å²) in [6.07, 6.45) is 0.199. The van der Waals surface area contributed by atoms with Gasteiger partial charge in [-0.1, -0.05) is 13.8 Å². The van der Waals surface area contributed by atoms with E-state index in [4.69, 9.17) is 4.74 Å². The predicted octanol–water partition coefficient (Wildman–Crippen LogP) is 3.68. The molecule has 16 heavy (non-hydrogen) atoms. The van der Waals surface area contributed by atoms with E-state index in [1.54, 1.807) is 11.3 Å². The minimum Gasteiger partial charge on any atom is -0.370 e. The van der Waals surface area contributed by atoms with Crippen LogP contribution in [0.4, 0.5) is 0 Å². The summed E-state index contributed by atoms with van der Waals surface area (Å²) in [7, 11) is 0.